The number of anilines is 1. The zero-order valence-electron chi connectivity index (χ0n) is 11.5. The van der Waals surface area contributed by atoms with Crippen LogP contribution in [0.5, 0.6) is 5.75 Å². The number of para-hydroxylation sites is 1. The van der Waals surface area contributed by atoms with Gasteiger partial charge in [0.25, 0.3) is 5.91 Å². The molecule has 2 heterocycles. The first-order valence-electron chi connectivity index (χ1n) is 6.81. The lowest BCUT2D eigenvalue weighted by molar-refractivity contribution is -0.112. The Balaban J connectivity index is 1.78. The molecule has 108 valence electrons. The van der Waals surface area contributed by atoms with Crippen LogP contribution < -0.4 is 5.32 Å². The van der Waals surface area contributed by atoms with E-state index in [2.05, 4.69) is 10.3 Å². The monoisotopic (exact) mass is 308 g/mol. The first kappa shape index (κ1) is 13.0. The van der Waals surface area contributed by atoms with Crippen molar-refractivity contribution in [3.8, 4) is 5.75 Å². The number of H-pyrrole nitrogens is 1. The summed E-state index contributed by atoms with van der Waals surface area (Å²) in [7, 11) is 0. The van der Waals surface area contributed by atoms with Crippen LogP contribution in [0, 0.1) is 0 Å². The third-order valence-electron chi connectivity index (χ3n) is 3.56. The van der Waals surface area contributed by atoms with Gasteiger partial charge < -0.3 is 15.4 Å². The van der Waals surface area contributed by atoms with Crippen molar-refractivity contribution in [2.45, 2.75) is 4.90 Å². The highest BCUT2D eigenvalue weighted by Gasteiger charge is 2.21. The van der Waals surface area contributed by atoms with Gasteiger partial charge in [-0.2, -0.15) is 0 Å². The minimum Gasteiger partial charge on any atom is -0.508 e. The van der Waals surface area contributed by atoms with Crippen LogP contribution in [-0.4, -0.2) is 16.0 Å². The van der Waals surface area contributed by atoms with Gasteiger partial charge in [0.05, 0.1) is 10.6 Å². The third-order valence-corrected chi connectivity index (χ3v) is 4.65. The largest absolute Gasteiger partial charge is 0.508 e. The molecule has 3 aromatic rings. The van der Waals surface area contributed by atoms with Crippen LogP contribution in [-0.2, 0) is 4.79 Å². The Hall–Kier alpha value is -2.66. The zero-order chi connectivity index (χ0) is 15.1. The standard InChI is InChI=1S/C17H12N2O2S/c20-11-5-6-14-15(8-11)22-16(17(21)19-14)7-10-9-18-13-4-2-1-3-12(10)13/h1-9,18,20H,(H,19,21)/b16-7+. The molecule has 0 fully saturated rings. The van der Waals surface area contributed by atoms with E-state index in [1.165, 1.54) is 11.8 Å². The quantitative estimate of drug-likeness (QED) is 0.471. The molecule has 1 aliphatic rings. The van der Waals surface area contributed by atoms with Gasteiger partial charge in [0, 0.05) is 27.6 Å². The molecule has 22 heavy (non-hydrogen) atoms. The van der Waals surface area contributed by atoms with Gasteiger partial charge in [-0.25, -0.2) is 0 Å². The number of rotatable bonds is 1. The van der Waals surface area contributed by atoms with E-state index in [9.17, 15) is 9.90 Å². The third kappa shape index (κ3) is 2.16. The van der Waals surface area contributed by atoms with Crippen molar-refractivity contribution in [1.29, 1.82) is 0 Å². The molecule has 0 saturated heterocycles. The maximum absolute atomic E-state index is 12.2. The molecule has 2 aromatic carbocycles. The van der Waals surface area contributed by atoms with Crippen LogP contribution in [0.1, 0.15) is 5.56 Å². The summed E-state index contributed by atoms with van der Waals surface area (Å²) in [5.41, 5.74) is 2.73. The second kappa shape index (κ2) is 4.96. The molecule has 1 aliphatic heterocycles. The predicted octanol–water partition coefficient (Wildman–Crippen LogP) is 3.96. The zero-order valence-corrected chi connectivity index (χ0v) is 12.3. The number of thioether (sulfide) groups is 1. The number of carbonyl (C=O) groups excluding carboxylic acids is 1. The van der Waals surface area contributed by atoms with E-state index < -0.39 is 0 Å². The molecule has 5 heteroatoms. The Morgan fingerprint density at radius 1 is 1.14 bits per heavy atom. The Morgan fingerprint density at radius 2 is 2.00 bits per heavy atom. The summed E-state index contributed by atoms with van der Waals surface area (Å²) in [5, 5.41) is 13.5. The molecule has 0 radical (unpaired) electrons. The summed E-state index contributed by atoms with van der Waals surface area (Å²) < 4.78 is 0. The van der Waals surface area contributed by atoms with Crippen molar-refractivity contribution in [3.63, 3.8) is 0 Å². The summed E-state index contributed by atoms with van der Waals surface area (Å²) >= 11 is 1.36. The van der Waals surface area contributed by atoms with Crippen molar-refractivity contribution in [3.05, 3.63) is 59.1 Å². The summed E-state index contributed by atoms with van der Waals surface area (Å²) in [6.07, 6.45) is 3.76. The number of carbonyl (C=O) groups is 1. The van der Waals surface area contributed by atoms with Crippen LogP contribution in [0.15, 0.2) is 58.5 Å². The molecule has 0 spiro atoms. The molecular weight excluding hydrogens is 296 g/mol. The first-order chi connectivity index (χ1) is 10.7. The lowest BCUT2D eigenvalue weighted by Crippen LogP contribution is -2.17. The molecule has 3 N–H and O–H groups in total. The second-order valence-corrected chi connectivity index (χ2v) is 6.12. The lowest BCUT2D eigenvalue weighted by Gasteiger charge is -2.18. The average molecular weight is 308 g/mol. The van der Waals surface area contributed by atoms with Crippen molar-refractivity contribution in [2.75, 3.05) is 5.32 Å². The van der Waals surface area contributed by atoms with E-state index in [-0.39, 0.29) is 11.7 Å². The Kier molecular flexibility index (Phi) is 2.94. The van der Waals surface area contributed by atoms with Gasteiger partial charge in [0.2, 0.25) is 0 Å². The van der Waals surface area contributed by atoms with Crippen LogP contribution in [0.2, 0.25) is 0 Å². The highest BCUT2D eigenvalue weighted by Crippen LogP contribution is 2.40. The fraction of sp³-hybridized carbons (Fsp3) is 0. The fourth-order valence-corrected chi connectivity index (χ4v) is 3.47. The Labute approximate surface area is 130 Å². The van der Waals surface area contributed by atoms with E-state index in [1.807, 2.05) is 36.5 Å². The fourth-order valence-electron chi connectivity index (χ4n) is 2.50. The number of phenols is 1. The molecular formula is C17H12N2O2S. The molecule has 0 aliphatic carbocycles. The normalized spacial score (nSPS) is 15.8. The van der Waals surface area contributed by atoms with Crippen molar-refractivity contribution in [2.24, 2.45) is 0 Å². The smallest absolute Gasteiger partial charge is 0.262 e. The van der Waals surface area contributed by atoms with Gasteiger partial charge in [-0.05, 0) is 30.3 Å². The van der Waals surface area contributed by atoms with Crippen LogP contribution in [0.3, 0.4) is 0 Å². The van der Waals surface area contributed by atoms with E-state index in [0.29, 0.717) is 4.91 Å². The number of aromatic hydroxyl groups is 1. The number of fused-ring (bicyclic) bond motifs is 2. The predicted molar refractivity (Wildman–Crippen MR) is 88.9 cm³/mol. The minimum absolute atomic E-state index is 0.131. The van der Waals surface area contributed by atoms with Gasteiger partial charge in [-0.15, -0.1) is 0 Å². The molecule has 1 amide bonds. The topological polar surface area (TPSA) is 65.1 Å². The molecule has 0 saturated carbocycles. The summed E-state index contributed by atoms with van der Waals surface area (Å²) in [4.78, 5) is 16.9. The number of hydrogen-bond acceptors (Lipinski definition) is 3. The summed E-state index contributed by atoms with van der Waals surface area (Å²) in [5.74, 6) is 0.0577. The number of hydrogen-bond donors (Lipinski definition) is 3. The second-order valence-electron chi connectivity index (χ2n) is 5.03. The highest BCUT2D eigenvalue weighted by atomic mass is 32.2. The Bertz CT molecular complexity index is 927. The average Bonchev–Trinajstić information content (AvgIpc) is 2.92. The van der Waals surface area contributed by atoms with Gasteiger partial charge >= 0.3 is 0 Å². The summed E-state index contributed by atoms with van der Waals surface area (Å²) in [6, 6.07) is 12.9. The number of nitrogens with one attached hydrogen (secondary N) is 2. The maximum atomic E-state index is 12.2. The number of amides is 1. The van der Waals surface area contributed by atoms with Crippen molar-refractivity contribution < 1.29 is 9.90 Å². The molecule has 4 nitrogen and oxygen atoms in total. The van der Waals surface area contributed by atoms with Gasteiger partial charge in [-0.1, -0.05) is 30.0 Å². The SMILES string of the molecule is O=C1Nc2ccc(O)cc2S/C1=C/c1c[nH]c2ccccc12. The first-order valence-corrected chi connectivity index (χ1v) is 7.62. The van der Waals surface area contributed by atoms with E-state index in [1.54, 1.807) is 18.2 Å². The maximum Gasteiger partial charge on any atom is 0.262 e. The minimum atomic E-state index is -0.131. The van der Waals surface area contributed by atoms with Gasteiger partial charge in [0.15, 0.2) is 0 Å². The molecule has 0 bridgehead atoms. The molecule has 0 atom stereocenters. The van der Waals surface area contributed by atoms with Gasteiger partial charge in [-0.3, -0.25) is 4.79 Å². The van der Waals surface area contributed by atoms with Crippen LogP contribution in [0.25, 0.3) is 17.0 Å². The summed E-state index contributed by atoms with van der Waals surface area (Å²) in [6.45, 7) is 0. The van der Waals surface area contributed by atoms with Crippen LogP contribution >= 0.6 is 11.8 Å². The molecule has 1 aromatic heterocycles. The van der Waals surface area contributed by atoms with Crippen molar-refractivity contribution >= 4 is 40.3 Å². The van der Waals surface area contributed by atoms with Gasteiger partial charge in [0.1, 0.15) is 5.75 Å². The lowest BCUT2D eigenvalue weighted by atomic mass is 10.1. The van der Waals surface area contributed by atoms with E-state index in [4.69, 9.17) is 0 Å². The van der Waals surface area contributed by atoms with Crippen LogP contribution in [0.4, 0.5) is 5.69 Å². The number of phenolic OH excluding ortho intramolecular Hbond substituents is 1. The Morgan fingerprint density at radius 3 is 2.91 bits per heavy atom. The molecule has 0 unspecified atom stereocenters. The van der Waals surface area contributed by atoms with Crippen molar-refractivity contribution in [1.82, 2.24) is 4.98 Å². The highest BCUT2D eigenvalue weighted by molar-refractivity contribution is 8.04. The van der Waals surface area contributed by atoms with E-state index >= 15 is 0 Å². The number of benzene rings is 2. The van der Waals surface area contributed by atoms with E-state index in [0.717, 1.165) is 27.0 Å². The number of aromatic amines is 1. The number of aromatic nitrogens is 1. The molecule has 4 rings (SSSR count).